The second-order valence-corrected chi connectivity index (χ2v) is 6.01. The third kappa shape index (κ3) is 3.80. The van der Waals surface area contributed by atoms with Gasteiger partial charge in [-0.2, -0.15) is 0 Å². The molecule has 0 N–H and O–H groups in total. The van der Waals surface area contributed by atoms with Crippen LogP contribution in [-0.2, 0) is 4.74 Å². The molecule has 2 unspecified atom stereocenters. The van der Waals surface area contributed by atoms with Crippen molar-refractivity contribution in [2.45, 2.75) is 12.2 Å². The summed E-state index contributed by atoms with van der Waals surface area (Å²) in [6.45, 7) is 2.50. The lowest BCUT2D eigenvalue weighted by molar-refractivity contribution is -0.0759. The summed E-state index contributed by atoms with van der Waals surface area (Å²) in [5.74, 6) is 0.837. The van der Waals surface area contributed by atoms with Crippen LogP contribution < -0.4 is 4.74 Å². The van der Waals surface area contributed by atoms with Crippen molar-refractivity contribution < 1.29 is 9.47 Å². The SMILES string of the molecule is CN1CCOC(C(Oc2ccccc2)c2cccc(Cl)c2)C1. The minimum atomic E-state index is -0.177. The van der Waals surface area contributed by atoms with E-state index in [0.29, 0.717) is 5.02 Å². The van der Waals surface area contributed by atoms with Crippen molar-refractivity contribution in [2.24, 2.45) is 0 Å². The predicted octanol–water partition coefficient (Wildman–Crippen LogP) is 3.79. The number of halogens is 1. The van der Waals surface area contributed by atoms with E-state index in [2.05, 4.69) is 11.9 Å². The first-order valence-corrected chi connectivity index (χ1v) is 7.87. The first-order chi connectivity index (χ1) is 10.7. The van der Waals surface area contributed by atoms with Crippen LogP contribution in [0.3, 0.4) is 0 Å². The molecule has 2 atom stereocenters. The van der Waals surface area contributed by atoms with Crippen molar-refractivity contribution in [1.29, 1.82) is 0 Å². The van der Waals surface area contributed by atoms with Gasteiger partial charge in [0.15, 0.2) is 6.10 Å². The third-order valence-electron chi connectivity index (χ3n) is 3.82. The smallest absolute Gasteiger partial charge is 0.151 e. The van der Waals surface area contributed by atoms with Crippen molar-refractivity contribution in [3.63, 3.8) is 0 Å². The van der Waals surface area contributed by atoms with Crippen LogP contribution in [0.25, 0.3) is 0 Å². The summed E-state index contributed by atoms with van der Waals surface area (Å²) >= 11 is 6.15. The summed E-state index contributed by atoms with van der Waals surface area (Å²) in [5.41, 5.74) is 1.04. The maximum atomic E-state index is 6.23. The quantitative estimate of drug-likeness (QED) is 0.856. The van der Waals surface area contributed by atoms with Gasteiger partial charge in [-0.05, 0) is 36.9 Å². The van der Waals surface area contributed by atoms with Crippen molar-refractivity contribution >= 4 is 11.6 Å². The fraction of sp³-hybridized carbons (Fsp3) is 0.333. The Morgan fingerprint density at radius 3 is 2.73 bits per heavy atom. The lowest BCUT2D eigenvalue weighted by Gasteiger charge is -2.35. The highest BCUT2D eigenvalue weighted by Crippen LogP contribution is 2.29. The standard InChI is InChI=1S/C18H20ClNO2/c1-20-10-11-21-17(13-20)18(14-6-5-7-15(19)12-14)22-16-8-3-2-4-9-16/h2-9,12,17-18H,10-11,13H2,1H3. The van der Waals surface area contributed by atoms with E-state index in [-0.39, 0.29) is 12.2 Å². The molecule has 1 aliphatic heterocycles. The Labute approximate surface area is 136 Å². The monoisotopic (exact) mass is 317 g/mol. The average molecular weight is 318 g/mol. The summed E-state index contributed by atoms with van der Waals surface area (Å²) in [5, 5.41) is 0.711. The number of benzene rings is 2. The summed E-state index contributed by atoms with van der Waals surface area (Å²) in [4.78, 5) is 2.26. The van der Waals surface area contributed by atoms with E-state index in [0.717, 1.165) is 31.0 Å². The maximum absolute atomic E-state index is 6.23. The van der Waals surface area contributed by atoms with Crippen LogP contribution in [0.1, 0.15) is 11.7 Å². The lowest BCUT2D eigenvalue weighted by atomic mass is 10.0. The number of hydrogen-bond acceptors (Lipinski definition) is 3. The molecule has 1 aliphatic rings. The topological polar surface area (TPSA) is 21.7 Å². The van der Waals surface area contributed by atoms with E-state index >= 15 is 0 Å². The molecule has 22 heavy (non-hydrogen) atoms. The molecule has 0 bridgehead atoms. The average Bonchev–Trinajstić information content (AvgIpc) is 2.53. The van der Waals surface area contributed by atoms with Crippen LogP contribution in [-0.4, -0.2) is 37.7 Å². The molecule has 0 saturated carbocycles. The van der Waals surface area contributed by atoms with Gasteiger partial charge in [0, 0.05) is 18.1 Å². The molecule has 0 spiro atoms. The fourth-order valence-corrected chi connectivity index (χ4v) is 2.88. The van der Waals surface area contributed by atoms with E-state index in [1.54, 1.807) is 0 Å². The van der Waals surface area contributed by atoms with E-state index < -0.39 is 0 Å². The van der Waals surface area contributed by atoms with E-state index in [4.69, 9.17) is 21.1 Å². The number of rotatable bonds is 4. The molecule has 1 heterocycles. The van der Waals surface area contributed by atoms with Crippen molar-refractivity contribution in [1.82, 2.24) is 4.90 Å². The maximum Gasteiger partial charge on any atom is 0.151 e. The Morgan fingerprint density at radius 2 is 2.00 bits per heavy atom. The lowest BCUT2D eigenvalue weighted by Crippen LogP contribution is -2.44. The first kappa shape index (κ1) is 15.3. The van der Waals surface area contributed by atoms with Gasteiger partial charge in [-0.1, -0.05) is 41.9 Å². The normalized spacial score (nSPS) is 20.5. The zero-order valence-corrected chi connectivity index (χ0v) is 13.4. The first-order valence-electron chi connectivity index (χ1n) is 7.50. The molecular weight excluding hydrogens is 298 g/mol. The van der Waals surface area contributed by atoms with Gasteiger partial charge in [-0.25, -0.2) is 0 Å². The highest BCUT2D eigenvalue weighted by molar-refractivity contribution is 6.30. The summed E-state index contributed by atoms with van der Waals surface area (Å²) in [6.07, 6.45) is -0.193. The molecule has 0 radical (unpaired) electrons. The predicted molar refractivity (Wildman–Crippen MR) is 88.5 cm³/mol. The summed E-state index contributed by atoms with van der Waals surface area (Å²) < 4.78 is 12.2. The molecule has 1 fully saturated rings. The van der Waals surface area contributed by atoms with Gasteiger partial charge in [0.25, 0.3) is 0 Å². The van der Waals surface area contributed by atoms with E-state index in [1.807, 2.05) is 54.6 Å². The number of ether oxygens (including phenoxy) is 2. The van der Waals surface area contributed by atoms with Crippen LogP contribution in [0.2, 0.25) is 5.02 Å². The van der Waals surface area contributed by atoms with Crippen LogP contribution in [0, 0.1) is 0 Å². The third-order valence-corrected chi connectivity index (χ3v) is 4.05. The number of morpholine rings is 1. The molecule has 3 nitrogen and oxygen atoms in total. The highest BCUT2D eigenvalue weighted by Gasteiger charge is 2.30. The highest BCUT2D eigenvalue weighted by atomic mass is 35.5. The fourth-order valence-electron chi connectivity index (χ4n) is 2.68. The Balaban J connectivity index is 1.87. The second-order valence-electron chi connectivity index (χ2n) is 5.58. The second kappa shape index (κ2) is 7.14. The van der Waals surface area contributed by atoms with Crippen LogP contribution in [0.4, 0.5) is 0 Å². The van der Waals surface area contributed by atoms with Gasteiger partial charge >= 0.3 is 0 Å². The molecule has 116 valence electrons. The Bertz CT molecular complexity index is 605. The van der Waals surface area contributed by atoms with Gasteiger partial charge in [0.1, 0.15) is 11.9 Å². The largest absolute Gasteiger partial charge is 0.483 e. The van der Waals surface area contributed by atoms with Crippen LogP contribution in [0.15, 0.2) is 54.6 Å². The number of hydrogen-bond donors (Lipinski definition) is 0. The molecule has 2 aromatic rings. The van der Waals surface area contributed by atoms with Crippen LogP contribution >= 0.6 is 11.6 Å². The summed E-state index contributed by atoms with van der Waals surface area (Å²) in [6, 6.07) is 17.7. The zero-order chi connectivity index (χ0) is 15.4. The minimum absolute atomic E-state index is 0.0163. The molecule has 0 aliphatic carbocycles. The molecule has 0 aromatic heterocycles. The number of likely N-dealkylation sites (N-methyl/N-ethyl adjacent to an activating group) is 1. The summed E-state index contributed by atoms with van der Waals surface area (Å²) in [7, 11) is 2.10. The Kier molecular flexibility index (Phi) is 4.98. The van der Waals surface area contributed by atoms with E-state index in [1.165, 1.54) is 0 Å². The van der Waals surface area contributed by atoms with Gasteiger partial charge < -0.3 is 14.4 Å². The zero-order valence-electron chi connectivity index (χ0n) is 12.6. The van der Waals surface area contributed by atoms with E-state index in [9.17, 15) is 0 Å². The van der Waals surface area contributed by atoms with Crippen molar-refractivity contribution in [2.75, 3.05) is 26.7 Å². The van der Waals surface area contributed by atoms with Crippen molar-refractivity contribution in [3.05, 3.63) is 65.2 Å². The van der Waals surface area contributed by atoms with Gasteiger partial charge in [0.2, 0.25) is 0 Å². The van der Waals surface area contributed by atoms with Crippen molar-refractivity contribution in [3.8, 4) is 5.75 Å². The van der Waals surface area contributed by atoms with Gasteiger partial charge in [0.05, 0.1) is 6.61 Å². The molecule has 3 rings (SSSR count). The Hall–Kier alpha value is -1.55. The van der Waals surface area contributed by atoms with Gasteiger partial charge in [-0.3, -0.25) is 0 Å². The molecule has 1 saturated heterocycles. The molecule has 4 heteroatoms. The molecule has 0 amide bonds. The minimum Gasteiger partial charge on any atom is -0.483 e. The Morgan fingerprint density at radius 1 is 1.18 bits per heavy atom. The number of para-hydroxylation sites is 1. The molecular formula is C18H20ClNO2. The molecule has 2 aromatic carbocycles. The van der Waals surface area contributed by atoms with Gasteiger partial charge in [-0.15, -0.1) is 0 Å². The number of nitrogens with zero attached hydrogens (tertiary/aromatic N) is 1. The van der Waals surface area contributed by atoms with Crippen LogP contribution in [0.5, 0.6) is 5.75 Å².